The maximum absolute atomic E-state index is 12.4. The minimum Gasteiger partial charge on any atom is -0.497 e. The van der Waals surface area contributed by atoms with Crippen molar-refractivity contribution in [3.63, 3.8) is 0 Å². The van der Waals surface area contributed by atoms with E-state index in [2.05, 4.69) is 5.32 Å². The van der Waals surface area contributed by atoms with Gasteiger partial charge in [0.1, 0.15) is 5.75 Å². The molecule has 0 saturated heterocycles. The summed E-state index contributed by atoms with van der Waals surface area (Å²) in [5.74, 6) is 0.610. The first-order chi connectivity index (χ1) is 12.6. The van der Waals surface area contributed by atoms with Crippen molar-refractivity contribution in [2.75, 3.05) is 13.7 Å². The van der Waals surface area contributed by atoms with Crippen LogP contribution in [-0.2, 0) is 11.2 Å². The second-order valence-electron chi connectivity index (χ2n) is 6.52. The van der Waals surface area contributed by atoms with E-state index in [1.54, 1.807) is 19.2 Å². The van der Waals surface area contributed by atoms with Gasteiger partial charge in [0.25, 0.3) is 0 Å². The third-order valence-corrected chi connectivity index (χ3v) is 4.70. The molecule has 0 aliphatic heterocycles. The summed E-state index contributed by atoms with van der Waals surface area (Å²) in [5, 5.41) is 2.89. The number of fused-ring (bicyclic) bond motifs is 1. The number of amides is 1. The van der Waals surface area contributed by atoms with Crippen molar-refractivity contribution in [1.29, 1.82) is 0 Å². The molecular formula is C21H23NO4. The van der Waals surface area contributed by atoms with Crippen LogP contribution in [-0.4, -0.2) is 25.6 Å². The minimum absolute atomic E-state index is 0.0955. The zero-order valence-electron chi connectivity index (χ0n) is 15.0. The Morgan fingerprint density at radius 3 is 2.69 bits per heavy atom. The van der Waals surface area contributed by atoms with E-state index >= 15 is 0 Å². The molecule has 0 spiro atoms. The molecule has 1 aliphatic rings. The maximum Gasteiger partial charge on any atom is 0.407 e. The second kappa shape index (κ2) is 8.04. The molecule has 5 heteroatoms. The van der Waals surface area contributed by atoms with Crippen LogP contribution in [0.2, 0.25) is 0 Å². The number of Topliss-reactive ketones (excluding diaryl/α,β-unsaturated/α-hetero) is 1. The molecule has 26 heavy (non-hydrogen) atoms. The van der Waals surface area contributed by atoms with E-state index in [0.29, 0.717) is 30.8 Å². The van der Waals surface area contributed by atoms with Gasteiger partial charge in [0.05, 0.1) is 19.8 Å². The Hall–Kier alpha value is -2.82. The van der Waals surface area contributed by atoms with Gasteiger partial charge >= 0.3 is 6.09 Å². The lowest BCUT2D eigenvalue weighted by Gasteiger charge is -2.29. The van der Waals surface area contributed by atoms with Crippen LogP contribution in [0, 0.1) is 5.92 Å². The zero-order valence-corrected chi connectivity index (χ0v) is 15.0. The van der Waals surface area contributed by atoms with Crippen molar-refractivity contribution in [2.45, 2.75) is 25.8 Å². The van der Waals surface area contributed by atoms with Gasteiger partial charge in [-0.15, -0.1) is 0 Å². The SMILES string of the molecule is COc1ccc2c(c1)C(NC(=O)OCCc1ccccc1)CC(C)C2=O. The zero-order chi connectivity index (χ0) is 18.5. The van der Waals surface area contributed by atoms with Crippen LogP contribution in [0.4, 0.5) is 4.79 Å². The van der Waals surface area contributed by atoms with Gasteiger partial charge in [-0.3, -0.25) is 4.79 Å². The van der Waals surface area contributed by atoms with Crippen molar-refractivity contribution in [1.82, 2.24) is 5.32 Å². The molecule has 2 aromatic rings. The number of ether oxygens (including phenoxy) is 2. The summed E-state index contributed by atoms with van der Waals surface area (Å²) >= 11 is 0. The predicted molar refractivity (Wildman–Crippen MR) is 98.5 cm³/mol. The highest BCUT2D eigenvalue weighted by molar-refractivity contribution is 6.00. The standard InChI is InChI=1S/C21H23NO4/c1-14-12-19(18-13-16(25-2)8-9-17(18)20(14)23)22-21(24)26-11-10-15-6-4-3-5-7-15/h3-9,13-14,19H,10-12H2,1-2H3,(H,22,24). The van der Waals surface area contributed by atoms with Crippen molar-refractivity contribution in [3.8, 4) is 5.75 Å². The Morgan fingerprint density at radius 2 is 1.96 bits per heavy atom. The molecule has 2 atom stereocenters. The van der Waals surface area contributed by atoms with Crippen LogP contribution in [0.5, 0.6) is 5.75 Å². The summed E-state index contributed by atoms with van der Waals surface area (Å²) in [7, 11) is 1.58. The lowest BCUT2D eigenvalue weighted by Crippen LogP contribution is -2.36. The molecule has 0 heterocycles. The number of nitrogens with one attached hydrogen (secondary N) is 1. The molecule has 136 valence electrons. The Labute approximate surface area is 153 Å². The number of rotatable bonds is 5. The van der Waals surface area contributed by atoms with Gasteiger partial charge in [-0.05, 0) is 35.7 Å². The average molecular weight is 353 g/mol. The van der Waals surface area contributed by atoms with Crippen LogP contribution in [0.3, 0.4) is 0 Å². The van der Waals surface area contributed by atoms with Gasteiger partial charge in [0.2, 0.25) is 0 Å². The number of benzene rings is 2. The molecular weight excluding hydrogens is 330 g/mol. The van der Waals surface area contributed by atoms with Gasteiger partial charge in [0, 0.05) is 17.9 Å². The van der Waals surface area contributed by atoms with E-state index in [1.165, 1.54) is 0 Å². The molecule has 0 radical (unpaired) electrons. The molecule has 0 aromatic heterocycles. The highest BCUT2D eigenvalue weighted by Gasteiger charge is 2.32. The summed E-state index contributed by atoms with van der Waals surface area (Å²) in [4.78, 5) is 24.6. The van der Waals surface area contributed by atoms with Crippen LogP contribution in [0.25, 0.3) is 0 Å². The first-order valence-corrected chi connectivity index (χ1v) is 8.78. The van der Waals surface area contributed by atoms with Crippen molar-refractivity contribution in [2.24, 2.45) is 5.92 Å². The highest BCUT2D eigenvalue weighted by Crippen LogP contribution is 2.35. The predicted octanol–water partition coefficient (Wildman–Crippen LogP) is 3.93. The Kier molecular flexibility index (Phi) is 5.56. The van der Waals surface area contributed by atoms with E-state index < -0.39 is 6.09 Å². The number of methoxy groups -OCH3 is 1. The summed E-state index contributed by atoms with van der Waals surface area (Å²) in [6.45, 7) is 2.19. The van der Waals surface area contributed by atoms with Gasteiger partial charge in [-0.1, -0.05) is 37.3 Å². The van der Waals surface area contributed by atoms with Crippen LogP contribution in [0.1, 0.15) is 40.9 Å². The maximum atomic E-state index is 12.4. The Balaban J connectivity index is 1.64. The highest BCUT2D eigenvalue weighted by atomic mass is 16.5. The summed E-state index contributed by atoms with van der Waals surface area (Å²) < 4.78 is 10.6. The van der Waals surface area contributed by atoms with Gasteiger partial charge in [-0.2, -0.15) is 0 Å². The molecule has 0 saturated carbocycles. The van der Waals surface area contributed by atoms with Crippen LogP contribution < -0.4 is 10.1 Å². The molecule has 1 aliphatic carbocycles. The third kappa shape index (κ3) is 4.04. The van der Waals surface area contributed by atoms with E-state index in [1.807, 2.05) is 43.3 Å². The van der Waals surface area contributed by atoms with Crippen molar-refractivity contribution < 1.29 is 19.1 Å². The molecule has 1 N–H and O–H groups in total. The molecule has 2 unspecified atom stereocenters. The number of alkyl carbamates (subject to hydrolysis) is 1. The van der Waals surface area contributed by atoms with Gasteiger partial charge < -0.3 is 14.8 Å². The van der Waals surface area contributed by atoms with E-state index in [0.717, 1.165) is 11.1 Å². The van der Waals surface area contributed by atoms with Crippen LogP contribution >= 0.6 is 0 Å². The van der Waals surface area contributed by atoms with E-state index in [4.69, 9.17) is 9.47 Å². The molecule has 3 rings (SSSR count). The first kappa shape index (κ1) is 18.0. The van der Waals surface area contributed by atoms with Crippen LogP contribution in [0.15, 0.2) is 48.5 Å². The van der Waals surface area contributed by atoms with E-state index in [9.17, 15) is 9.59 Å². The fraction of sp³-hybridized carbons (Fsp3) is 0.333. The smallest absolute Gasteiger partial charge is 0.407 e. The minimum atomic E-state index is -0.471. The lowest BCUT2D eigenvalue weighted by molar-refractivity contribution is 0.0892. The topological polar surface area (TPSA) is 64.6 Å². The fourth-order valence-corrected chi connectivity index (χ4v) is 3.26. The average Bonchev–Trinajstić information content (AvgIpc) is 2.66. The molecule has 2 aromatic carbocycles. The molecule has 5 nitrogen and oxygen atoms in total. The van der Waals surface area contributed by atoms with Gasteiger partial charge in [0.15, 0.2) is 5.78 Å². The van der Waals surface area contributed by atoms with Gasteiger partial charge in [-0.25, -0.2) is 4.79 Å². The Bertz CT molecular complexity index is 788. The number of hydrogen-bond acceptors (Lipinski definition) is 4. The first-order valence-electron chi connectivity index (χ1n) is 8.78. The van der Waals surface area contributed by atoms with Crippen molar-refractivity contribution in [3.05, 3.63) is 65.2 Å². The number of carbonyl (C=O) groups excluding carboxylic acids is 2. The lowest BCUT2D eigenvalue weighted by atomic mass is 9.80. The largest absolute Gasteiger partial charge is 0.497 e. The summed E-state index contributed by atoms with van der Waals surface area (Å²) in [6.07, 6.45) is 0.742. The summed E-state index contributed by atoms with van der Waals surface area (Å²) in [6, 6.07) is 14.9. The van der Waals surface area contributed by atoms with E-state index in [-0.39, 0.29) is 17.7 Å². The Morgan fingerprint density at radius 1 is 1.19 bits per heavy atom. The molecule has 0 bridgehead atoms. The number of hydrogen-bond donors (Lipinski definition) is 1. The molecule has 1 amide bonds. The normalized spacial score (nSPS) is 18.8. The fourth-order valence-electron chi connectivity index (χ4n) is 3.26. The van der Waals surface area contributed by atoms with Crippen molar-refractivity contribution >= 4 is 11.9 Å². The third-order valence-electron chi connectivity index (χ3n) is 4.70. The number of ketones is 1. The monoisotopic (exact) mass is 353 g/mol. The quantitative estimate of drug-likeness (QED) is 0.885. The second-order valence-corrected chi connectivity index (χ2v) is 6.52. The summed E-state index contributed by atoms with van der Waals surface area (Å²) in [5.41, 5.74) is 2.54. The number of carbonyl (C=O) groups is 2. The molecule has 0 fully saturated rings.